The van der Waals surface area contributed by atoms with Crippen molar-refractivity contribution in [2.75, 3.05) is 0 Å². The third-order valence-corrected chi connectivity index (χ3v) is 3.99. The number of thiophene rings is 1. The number of halogens is 2. The SMILES string of the molecule is Cc1cc(-c2cc3nc[nH]c(=O)c3s2)c(F)cc1F. The van der Waals surface area contributed by atoms with Crippen molar-refractivity contribution in [2.24, 2.45) is 0 Å². The van der Waals surface area contributed by atoms with Crippen LogP contribution in [0.15, 0.2) is 29.3 Å². The predicted molar refractivity (Wildman–Crippen MR) is 70.3 cm³/mol. The molecule has 3 aromatic rings. The molecule has 0 radical (unpaired) electrons. The van der Waals surface area contributed by atoms with Crippen molar-refractivity contribution in [1.82, 2.24) is 9.97 Å². The first-order valence-electron chi connectivity index (χ1n) is 5.49. The van der Waals surface area contributed by atoms with Crippen molar-refractivity contribution in [3.05, 3.63) is 52.1 Å². The zero-order chi connectivity index (χ0) is 13.6. The van der Waals surface area contributed by atoms with Crippen molar-refractivity contribution in [2.45, 2.75) is 6.92 Å². The van der Waals surface area contributed by atoms with E-state index in [1.807, 2.05) is 0 Å². The van der Waals surface area contributed by atoms with Crippen LogP contribution < -0.4 is 5.56 Å². The lowest BCUT2D eigenvalue weighted by Crippen LogP contribution is -2.02. The van der Waals surface area contributed by atoms with Gasteiger partial charge < -0.3 is 4.98 Å². The summed E-state index contributed by atoms with van der Waals surface area (Å²) in [6, 6.07) is 3.92. The van der Waals surface area contributed by atoms with Gasteiger partial charge in [-0.3, -0.25) is 4.79 Å². The predicted octanol–water partition coefficient (Wildman–Crippen LogP) is 3.24. The normalized spacial score (nSPS) is 11.1. The van der Waals surface area contributed by atoms with Crippen molar-refractivity contribution in [3.63, 3.8) is 0 Å². The average molecular weight is 278 g/mol. The zero-order valence-corrected chi connectivity index (χ0v) is 10.6. The molecule has 0 aliphatic carbocycles. The molecule has 96 valence electrons. The van der Waals surface area contributed by atoms with Gasteiger partial charge in [-0.05, 0) is 24.6 Å². The molecule has 2 heterocycles. The van der Waals surface area contributed by atoms with Crippen LogP contribution in [0.1, 0.15) is 5.56 Å². The van der Waals surface area contributed by atoms with E-state index in [-0.39, 0.29) is 11.1 Å². The number of rotatable bonds is 1. The van der Waals surface area contributed by atoms with Crippen LogP contribution in [0, 0.1) is 18.6 Å². The van der Waals surface area contributed by atoms with Gasteiger partial charge >= 0.3 is 0 Å². The van der Waals surface area contributed by atoms with E-state index < -0.39 is 11.6 Å². The fourth-order valence-electron chi connectivity index (χ4n) is 1.84. The maximum Gasteiger partial charge on any atom is 0.268 e. The van der Waals surface area contributed by atoms with Gasteiger partial charge in [-0.2, -0.15) is 0 Å². The highest BCUT2D eigenvalue weighted by molar-refractivity contribution is 7.22. The first kappa shape index (κ1) is 12.0. The first-order chi connectivity index (χ1) is 9.06. The van der Waals surface area contributed by atoms with Crippen LogP contribution in [0.5, 0.6) is 0 Å². The lowest BCUT2D eigenvalue weighted by molar-refractivity contribution is 0.580. The van der Waals surface area contributed by atoms with Crippen molar-refractivity contribution in [3.8, 4) is 10.4 Å². The topological polar surface area (TPSA) is 45.8 Å². The van der Waals surface area contributed by atoms with Crippen LogP contribution in [0.25, 0.3) is 20.7 Å². The second-order valence-corrected chi connectivity index (χ2v) is 5.19. The van der Waals surface area contributed by atoms with Gasteiger partial charge in [0.2, 0.25) is 0 Å². The van der Waals surface area contributed by atoms with E-state index in [4.69, 9.17) is 0 Å². The fourth-order valence-corrected chi connectivity index (χ4v) is 2.87. The summed E-state index contributed by atoms with van der Waals surface area (Å²) >= 11 is 1.14. The number of hydrogen-bond acceptors (Lipinski definition) is 3. The molecule has 1 aromatic carbocycles. The Morgan fingerprint density at radius 2 is 2.00 bits per heavy atom. The summed E-state index contributed by atoms with van der Waals surface area (Å²) in [6.07, 6.45) is 1.30. The molecule has 0 fully saturated rings. The summed E-state index contributed by atoms with van der Waals surface area (Å²) < 4.78 is 27.5. The van der Waals surface area contributed by atoms with E-state index in [1.165, 1.54) is 12.4 Å². The van der Waals surface area contributed by atoms with E-state index >= 15 is 0 Å². The van der Waals surface area contributed by atoms with Crippen LogP contribution >= 0.6 is 11.3 Å². The van der Waals surface area contributed by atoms with Crippen molar-refractivity contribution in [1.29, 1.82) is 0 Å². The number of nitrogens with one attached hydrogen (secondary N) is 1. The number of aromatic nitrogens is 2. The molecule has 0 saturated carbocycles. The summed E-state index contributed by atoms with van der Waals surface area (Å²) in [7, 11) is 0. The van der Waals surface area contributed by atoms with Gasteiger partial charge in [0.25, 0.3) is 5.56 Å². The van der Waals surface area contributed by atoms with E-state index in [0.29, 0.717) is 20.7 Å². The van der Waals surface area contributed by atoms with Gasteiger partial charge in [-0.25, -0.2) is 13.8 Å². The lowest BCUT2D eigenvalue weighted by Gasteiger charge is -2.02. The summed E-state index contributed by atoms with van der Waals surface area (Å²) in [5, 5.41) is 0. The molecule has 3 nitrogen and oxygen atoms in total. The number of fused-ring (bicyclic) bond motifs is 1. The van der Waals surface area contributed by atoms with Gasteiger partial charge in [-0.15, -0.1) is 11.3 Å². The first-order valence-corrected chi connectivity index (χ1v) is 6.31. The molecule has 3 rings (SSSR count). The number of benzene rings is 1. The van der Waals surface area contributed by atoms with Crippen molar-refractivity contribution < 1.29 is 8.78 Å². The van der Waals surface area contributed by atoms with Crippen LogP contribution in [0.2, 0.25) is 0 Å². The largest absolute Gasteiger partial charge is 0.312 e. The quantitative estimate of drug-likeness (QED) is 0.742. The second-order valence-electron chi connectivity index (χ2n) is 4.14. The van der Waals surface area contributed by atoms with Gasteiger partial charge in [0, 0.05) is 16.5 Å². The molecule has 0 saturated heterocycles. The molecule has 0 spiro atoms. The third kappa shape index (κ3) is 1.94. The molecule has 0 atom stereocenters. The monoisotopic (exact) mass is 278 g/mol. The number of nitrogens with zero attached hydrogens (tertiary/aromatic N) is 1. The number of aryl methyl sites for hydroxylation is 1. The van der Waals surface area contributed by atoms with Gasteiger partial charge in [0.15, 0.2) is 0 Å². The summed E-state index contributed by atoms with van der Waals surface area (Å²) in [5.41, 5.74) is 0.877. The minimum Gasteiger partial charge on any atom is -0.312 e. The summed E-state index contributed by atoms with van der Waals surface area (Å²) in [6.45, 7) is 1.57. The highest BCUT2D eigenvalue weighted by atomic mass is 32.1. The number of hydrogen-bond donors (Lipinski definition) is 1. The Hall–Kier alpha value is -2.08. The Morgan fingerprint density at radius 3 is 2.74 bits per heavy atom. The molecule has 0 aliphatic rings. The van der Waals surface area contributed by atoms with Crippen molar-refractivity contribution >= 4 is 21.6 Å². The maximum atomic E-state index is 13.8. The smallest absolute Gasteiger partial charge is 0.268 e. The lowest BCUT2D eigenvalue weighted by atomic mass is 10.1. The van der Waals surface area contributed by atoms with E-state index in [0.717, 1.165) is 17.4 Å². The Kier molecular flexibility index (Phi) is 2.67. The standard InChI is InChI=1S/C13H8F2N2OS/c1-6-2-7(9(15)3-8(6)14)11-4-10-12(19-11)13(18)17-5-16-10/h2-5H,1H3,(H,16,17,18). The molecule has 0 unspecified atom stereocenters. The molecule has 1 N–H and O–H groups in total. The molecule has 0 bridgehead atoms. The fraction of sp³-hybridized carbons (Fsp3) is 0.0769. The molecule has 6 heteroatoms. The van der Waals surface area contributed by atoms with E-state index in [2.05, 4.69) is 9.97 Å². The van der Waals surface area contributed by atoms with Gasteiger partial charge in [0.1, 0.15) is 16.3 Å². The average Bonchev–Trinajstić information content (AvgIpc) is 2.79. The Bertz CT molecular complexity index is 838. The van der Waals surface area contributed by atoms with E-state index in [1.54, 1.807) is 13.0 Å². The molecular formula is C13H8F2N2OS. The van der Waals surface area contributed by atoms with Gasteiger partial charge in [0.05, 0.1) is 11.8 Å². The third-order valence-electron chi connectivity index (χ3n) is 2.83. The van der Waals surface area contributed by atoms with Crippen LogP contribution in [-0.2, 0) is 0 Å². The highest BCUT2D eigenvalue weighted by Gasteiger charge is 2.13. The van der Waals surface area contributed by atoms with Gasteiger partial charge in [-0.1, -0.05) is 0 Å². The number of aromatic amines is 1. The summed E-state index contributed by atoms with van der Waals surface area (Å²) in [5.74, 6) is -1.23. The Labute approximate surface area is 110 Å². The molecule has 19 heavy (non-hydrogen) atoms. The molecular weight excluding hydrogens is 270 g/mol. The highest BCUT2D eigenvalue weighted by Crippen LogP contribution is 2.33. The van der Waals surface area contributed by atoms with Crippen LogP contribution in [0.3, 0.4) is 0 Å². The second kappa shape index (κ2) is 4.24. The maximum absolute atomic E-state index is 13.8. The minimum absolute atomic E-state index is 0.263. The van der Waals surface area contributed by atoms with Crippen LogP contribution in [0.4, 0.5) is 8.78 Å². The zero-order valence-electron chi connectivity index (χ0n) is 9.83. The summed E-state index contributed by atoms with van der Waals surface area (Å²) in [4.78, 5) is 18.6. The molecule has 2 aromatic heterocycles. The van der Waals surface area contributed by atoms with Crippen LogP contribution in [-0.4, -0.2) is 9.97 Å². The minimum atomic E-state index is -0.647. The van der Waals surface area contributed by atoms with E-state index in [9.17, 15) is 13.6 Å². The Morgan fingerprint density at radius 1 is 1.21 bits per heavy atom. The molecule has 0 amide bonds. The number of H-pyrrole nitrogens is 1. The Balaban J connectivity index is 2.28. The molecule has 0 aliphatic heterocycles.